The van der Waals surface area contributed by atoms with Gasteiger partial charge in [-0.3, -0.25) is 20.4 Å². The Morgan fingerprint density at radius 2 is 1.05 bits per heavy atom. The van der Waals surface area contributed by atoms with Crippen LogP contribution in [0.5, 0.6) is 0 Å². The Morgan fingerprint density at radius 3 is 1.35 bits per heavy atom. The summed E-state index contributed by atoms with van der Waals surface area (Å²) in [4.78, 5) is 33.9. The van der Waals surface area contributed by atoms with Crippen LogP contribution in [0.15, 0.2) is 0 Å². The summed E-state index contributed by atoms with van der Waals surface area (Å²) >= 11 is 0. The summed E-state index contributed by atoms with van der Waals surface area (Å²) < 4.78 is 0. The predicted octanol–water partition coefficient (Wildman–Crippen LogP) is 1.22. The first-order valence-corrected chi connectivity index (χ1v) is 6.95. The van der Waals surface area contributed by atoms with Gasteiger partial charge in [-0.15, -0.1) is 0 Å². The van der Waals surface area contributed by atoms with Crippen molar-refractivity contribution in [3.8, 4) is 0 Å². The van der Waals surface area contributed by atoms with Crippen molar-refractivity contribution >= 4 is 17.8 Å². The maximum absolute atomic E-state index is 11.3. The van der Waals surface area contributed by atoms with E-state index in [1.54, 1.807) is 0 Å². The summed E-state index contributed by atoms with van der Waals surface area (Å²) in [6.45, 7) is 8.06. The molecule has 0 spiro atoms. The molecule has 4 amide bonds. The Balaban J connectivity index is 3.68. The van der Waals surface area contributed by atoms with Crippen LogP contribution in [-0.2, 0) is 9.59 Å². The number of urea groups is 1. The minimum absolute atomic E-state index is 0.264. The molecule has 0 aromatic carbocycles. The molecule has 7 nitrogen and oxygen atoms in total. The highest BCUT2D eigenvalue weighted by atomic mass is 16.2. The lowest BCUT2D eigenvalue weighted by Gasteiger charge is -2.11. The third kappa shape index (κ3) is 11.3. The Labute approximate surface area is 120 Å². The van der Waals surface area contributed by atoms with Gasteiger partial charge in [0.05, 0.1) is 0 Å². The molecule has 20 heavy (non-hydrogen) atoms. The quantitative estimate of drug-likeness (QED) is 0.552. The first kappa shape index (κ1) is 18.2. The Morgan fingerprint density at radius 1 is 0.700 bits per heavy atom. The monoisotopic (exact) mass is 286 g/mol. The average Bonchev–Trinajstić information content (AvgIpc) is 2.37. The van der Waals surface area contributed by atoms with Crippen LogP contribution in [-0.4, -0.2) is 17.8 Å². The SMILES string of the molecule is CC(C)CCC(=O)NNC(=O)NNC(=O)CCC(C)C. The fraction of sp³-hybridized carbons (Fsp3) is 0.769. The molecule has 0 aromatic heterocycles. The van der Waals surface area contributed by atoms with Gasteiger partial charge in [-0.2, -0.15) is 0 Å². The van der Waals surface area contributed by atoms with Gasteiger partial charge in [0.15, 0.2) is 0 Å². The third-order valence-electron chi connectivity index (χ3n) is 2.53. The first-order chi connectivity index (χ1) is 9.31. The Kier molecular flexibility index (Phi) is 9.15. The number of rotatable bonds is 6. The molecule has 0 fully saturated rings. The van der Waals surface area contributed by atoms with E-state index in [1.807, 2.05) is 27.7 Å². The number of hydrazine groups is 2. The van der Waals surface area contributed by atoms with Gasteiger partial charge in [0, 0.05) is 12.8 Å². The lowest BCUT2D eigenvalue weighted by Crippen LogP contribution is -2.52. The van der Waals surface area contributed by atoms with Crippen molar-refractivity contribution in [1.29, 1.82) is 0 Å². The van der Waals surface area contributed by atoms with Crippen molar-refractivity contribution in [2.75, 3.05) is 0 Å². The number of amides is 4. The Bertz CT molecular complexity index is 300. The molecule has 0 aliphatic heterocycles. The van der Waals surface area contributed by atoms with Crippen LogP contribution in [0.1, 0.15) is 53.4 Å². The molecule has 0 bridgehead atoms. The van der Waals surface area contributed by atoms with E-state index < -0.39 is 6.03 Å². The molecule has 0 radical (unpaired) electrons. The number of hydrogen-bond donors (Lipinski definition) is 4. The van der Waals surface area contributed by atoms with E-state index in [9.17, 15) is 14.4 Å². The maximum Gasteiger partial charge on any atom is 0.352 e. The normalized spacial score (nSPS) is 10.3. The number of hydrogen-bond acceptors (Lipinski definition) is 3. The molecule has 7 heteroatoms. The number of carbonyl (C=O) groups excluding carboxylic acids is 3. The smallest absolute Gasteiger partial charge is 0.273 e. The highest BCUT2D eigenvalue weighted by molar-refractivity contribution is 5.83. The fourth-order valence-corrected chi connectivity index (χ4v) is 1.25. The van der Waals surface area contributed by atoms with Crippen molar-refractivity contribution < 1.29 is 14.4 Å². The minimum Gasteiger partial charge on any atom is -0.273 e. The van der Waals surface area contributed by atoms with Gasteiger partial charge in [-0.25, -0.2) is 15.6 Å². The maximum atomic E-state index is 11.3. The summed E-state index contributed by atoms with van der Waals surface area (Å²) in [5, 5.41) is 0. The summed E-state index contributed by atoms with van der Waals surface area (Å²) in [6.07, 6.45) is 2.19. The van der Waals surface area contributed by atoms with Gasteiger partial charge in [-0.1, -0.05) is 27.7 Å². The van der Waals surface area contributed by atoms with Crippen molar-refractivity contribution in [3.63, 3.8) is 0 Å². The molecule has 0 saturated carbocycles. The zero-order valence-corrected chi connectivity index (χ0v) is 12.7. The molecule has 0 saturated heterocycles. The largest absolute Gasteiger partial charge is 0.352 e. The highest BCUT2D eigenvalue weighted by Crippen LogP contribution is 2.02. The molecule has 0 aliphatic carbocycles. The second-order valence-electron chi connectivity index (χ2n) is 5.54. The van der Waals surface area contributed by atoms with Crippen LogP contribution in [0.25, 0.3) is 0 Å². The molecular formula is C13H26N4O3. The molecule has 0 aromatic rings. The highest BCUT2D eigenvalue weighted by Gasteiger charge is 2.07. The van der Waals surface area contributed by atoms with Crippen molar-refractivity contribution in [2.24, 2.45) is 11.8 Å². The number of nitrogens with one attached hydrogen (secondary N) is 4. The van der Waals surface area contributed by atoms with E-state index in [1.165, 1.54) is 0 Å². The number of carbonyl (C=O) groups is 3. The molecular weight excluding hydrogens is 260 g/mol. The second-order valence-corrected chi connectivity index (χ2v) is 5.54. The van der Waals surface area contributed by atoms with Crippen LogP contribution in [0, 0.1) is 11.8 Å². The molecule has 0 atom stereocenters. The average molecular weight is 286 g/mol. The molecule has 4 N–H and O–H groups in total. The van der Waals surface area contributed by atoms with Gasteiger partial charge in [0.2, 0.25) is 11.8 Å². The van der Waals surface area contributed by atoms with Gasteiger partial charge >= 0.3 is 6.03 Å². The van der Waals surface area contributed by atoms with Crippen LogP contribution in [0.3, 0.4) is 0 Å². The van der Waals surface area contributed by atoms with E-state index in [4.69, 9.17) is 0 Å². The minimum atomic E-state index is -0.680. The van der Waals surface area contributed by atoms with Gasteiger partial charge in [0.1, 0.15) is 0 Å². The first-order valence-electron chi connectivity index (χ1n) is 6.95. The zero-order valence-electron chi connectivity index (χ0n) is 12.7. The van der Waals surface area contributed by atoms with E-state index in [-0.39, 0.29) is 11.8 Å². The van der Waals surface area contributed by atoms with E-state index in [0.717, 1.165) is 12.8 Å². The molecule has 116 valence electrons. The second kappa shape index (κ2) is 10.1. The molecule has 0 unspecified atom stereocenters. The Hall–Kier alpha value is -1.79. The van der Waals surface area contributed by atoms with Crippen LogP contribution in [0.4, 0.5) is 4.79 Å². The predicted molar refractivity (Wildman–Crippen MR) is 76.1 cm³/mol. The zero-order chi connectivity index (χ0) is 15.5. The molecule has 0 aliphatic rings. The van der Waals surface area contributed by atoms with Crippen molar-refractivity contribution in [3.05, 3.63) is 0 Å². The van der Waals surface area contributed by atoms with Crippen LogP contribution in [0.2, 0.25) is 0 Å². The summed E-state index contributed by atoms with van der Waals surface area (Å²) in [6, 6.07) is -0.680. The van der Waals surface area contributed by atoms with E-state index in [2.05, 4.69) is 21.7 Å². The van der Waals surface area contributed by atoms with Crippen molar-refractivity contribution in [1.82, 2.24) is 21.7 Å². The summed E-state index contributed by atoms with van der Waals surface area (Å²) in [5.41, 5.74) is 8.84. The standard InChI is InChI=1S/C13H26N4O3/c1-9(2)5-7-11(18)14-16-13(20)17-15-12(19)8-6-10(3)4/h9-10H,5-8H2,1-4H3,(H,14,18)(H,15,19)(H2,16,17,20). The molecule has 0 heterocycles. The van der Waals surface area contributed by atoms with Crippen molar-refractivity contribution in [2.45, 2.75) is 53.4 Å². The topological polar surface area (TPSA) is 99.3 Å². The van der Waals surface area contributed by atoms with Crippen LogP contribution < -0.4 is 21.7 Å². The van der Waals surface area contributed by atoms with Crippen LogP contribution >= 0.6 is 0 Å². The van der Waals surface area contributed by atoms with Gasteiger partial charge < -0.3 is 0 Å². The lowest BCUT2D eigenvalue weighted by molar-refractivity contribution is -0.122. The van der Waals surface area contributed by atoms with Gasteiger partial charge in [0.25, 0.3) is 0 Å². The summed E-state index contributed by atoms with van der Waals surface area (Å²) in [5.74, 6) is 0.324. The third-order valence-corrected chi connectivity index (χ3v) is 2.53. The van der Waals surface area contributed by atoms with E-state index >= 15 is 0 Å². The fourth-order valence-electron chi connectivity index (χ4n) is 1.25. The van der Waals surface area contributed by atoms with Gasteiger partial charge in [-0.05, 0) is 24.7 Å². The summed E-state index contributed by atoms with van der Waals surface area (Å²) in [7, 11) is 0. The molecule has 0 rings (SSSR count). The lowest BCUT2D eigenvalue weighted by atomic mass is 10.1. The van der Waals surface area contributed by atoms with E-state index in [0.29, 0.717) is 24.7 Å².